The number of ether oxygens (including phenoxy) is 1. The van der Waals surface area contributed by atoms with Gasteiger partial charge in [-0.3, -0.25) is 0 Å². The van der Waals surface area contributed by atoms with Gasteiger partial charge >= 0.3 is 0 Å². The molecule has 0 radical (unpaired) electrons. The van der Waals surface area contributed by atoms with Crippen molar-refractivity contribution in [2.45, 2.75) is 58.0 Å². The van der Waals surface area contributed by atoms with Crippen molar-refractivity contribution in [1.29, 1.82) is 0 Å². The van der Waals surface area contributed by atoms with Gasteiger partial charge in [0.15, 0.2) is 11.6 Å². The molecule has 1 saturated carbocycles. The van der Waals surface area contributed by atoms with E-state index in [0.29, 0.717) is 12.5 Å². The van der Waals surface area contributed by atoms with E-state index in [1.54, 1.807) is 11.6 Å². The first-order chi connectivity index (χ1) is 15.1. The van der Waals surface area contributed by atoms with Gasteiger partial charge in [-0.25, -0.2) is 13.2 Å². The molecule has 0 bridgehead atoms. The molecule has 0 amide bonds. The summed E-state index contributed by atoms with van der Waals surface area (Å²) in [6.45, 7) is 2.67. The third-order valence-electron chi connectivity index (χ3n) is 7.58. The van der Waals surface area contributed by atoms with E-state index >= 15 is 0 Å². The Bertz CT molecular complexity index is 1010. The molecule has 0 aromatic heterocycles. The molecular formula is C27H29F3O. The molecule has 1 heterocycles. The molecule has 2 fully saturated rings. The van der Waals surface area contributed by atoms with E-state index in [-0.39, 0.29) is 22.8 Å². The molecule has 31 heavy (non-hydrogen) atoms. The van der Waals surface area contributed by atoms with E-state index in [0.717, 1.165) is 30.2 Å². The molecule has 2 aromatic carbocycles. The summed E-state index contributed by atoms with van der Waals surface area (Å²) in [5.74, 6) is -0.0570. The van der Waals surface area contributed by atoms with Gasteiger partial charge in [-0.1, -0.05) is 55.7 Å². The van der Waals surface area contributed by atoms with E-state index in [4.69, 9.17) is 4.74 Å². The van der Waals surface area contributed by atoms with Crippen molar-refractivity contribution in [2.24, 2.45) is 17.8 Å². The Labute approximate surface area is 182 Å². The third-order valence-corrected chi connectivity index (χ3v) is 7.58. The van der Waals surface area contributed by atoms with Gasteiger partial charge in [0.2, 0.25) is 0 Å². The van der Waals surface area contributed by atoms with E-state index in [1.165, 1.54) is 50.3 Å². The minimum absolute atomic E-state index is 0.0415. The molecule has 4 atom stereocenters. The maximum atomic E-state index is 14.8. The zero-order valence-electron chi connectivity index (χ0n) is 18.0. The van der Waals surface area contributed by atoms with Crippen LogP contribution >= 0.6 is 0 Å². The molecule has 164 valence electrons. The lowest BCUT2D eigenvalue weighted by Crippen LogP contribution is -2.11. The maximum Gasteiger partial charge on any atom is 0.167 e. The number of benzene rings is 2. The summed E-state index contributed by atoms with van der Waals surface area (Å²) in [6.07, 6.45) is 10.2. The van der Waals surface area contributed by atoms with Gasteiger partial charge in [0, 0.05) is 16.7 Å². The number of epoxide rings is 1. The highest BCUT2D eigenvalue weighted by Gasteiger charge is 2.39. The van der Waals surface area contributed by atoms with Crippen molar-refractivity contribution in [3.63, 3.8) is 0 Å². The highest BCUT2D eigenvalue weighted by atomic mass is 19.2. The Balaban J connectivity index is 1.27. The highest BCUT2D eigenvalue weighted by Crippen LogP contribution is 2.50. The Kier molecular flexibility index (Phi) is 5.68. The molecule has 5 rings (SSSR count). The van der Waals surface area contributed by atoms with Crippen LogP contribution in [0.5, 0.6) is 0 Å². The molecule has 0 spiro atoms. The van der Waals surface area contributed by atoms with Crippen LogP contribution in [0, 0.1) is 35.2 Å². The number of allylic oxidation sites excluding steroid dienone is 2. The molecule has 4 heteroatoms. The second-order valence-corrected chi connectivity index (χ2v) is 9.38. The van der Waals surface area contributed by atoms with Crippen LogP contribution in [0.4, 0.5) is 13.2 Å². The maximum absolute atomic E-state index is 14.8. The molecule has 3 aliphatic rings. The van der Waals surface area contributed by atoms with E-state index in [9.17, 15) is 13.2 Å². The van der Waals surface area contributed by atoms with Gasteiger partial charge < -0.3 is 4.74 Å². The lowest BCUT2D eigenvalue weighted by atomic mass is 9.85. The summed E-state index contributed by atoms with van der Waals surface area (Å²) in [7, 11) is 0. The van der Waals surface area contributed by atoms with Gasteiger partial charge in [0.25, 0.3) is 0 Å². The quantitative estimate of drug-likeness (QED) is 0.329. The third kappa shape index (κ3) is 3.95. The van der Waals surface area contributed by atoms with Crippen LogP contribution < -0.4 is 0 Å². The first-order valence-corrected chi connectivity index (χ1v) is 11.6. The van der Waals surface area contributed by atoms with Crippen LogP contribution in [0.2, 0.25) is 0 Å². The molecule has 1 saturated heterocycles. The zero-order chi connectivity index (χ0) is 21.5. The van der Waals surface area contributed by atoms with E-state index < -0.39 is 17.5 Å². The normalized spacial score (nSPS) is 26.8. The van der Waals surface area contributed by atoms with Crippen molar-refractivity contribution in [3.8, 4) is 11.1 Å². The summed E-state index contributed by atoms with van der Waals surface area (Å²) in [5.41, 5.74) is 2.70. The molecule has 0 N–H and O–H groups in total. The summed E-state index contributed by atoms with van der Waals surface area (Å²) in [6, 6.07) is 7.84. The average Bonchev–Trinajstić information content (AvgIpc) is 3.40. The second-order valence-electron chi connectivity index (χ2n) is 9.38. The topological polar surface area (TPSA) is 12.5 Å². The summed E-state index contributed by atoms with van der Waals surface area (Å²) in [4.78, 5) is 0. The molecule has 2 aromatic rings. The largest absolute Gasteiger partial charge is 0.368 e. The predicted molar refractivity (Wildman–Crippen MR) is 116 cm³/mol. The van der Waals surface area contributed by atoms with Crippen LogP contribution in [0.1, 0.15) is 62.7 Å². The highest BCUT2D eigenvalue weighted by molar-refractivity contribution is 5.66. The van der Waals surface area contributed by atoms with Gasteiger partial charge in [-0.05, 0) is 61.5 Å². The van der Waals surface area contributed by atoms with Crippen LogP contribution in [-0.2, 0) is 11.2 Å². The smallest absolute Gasteiger partial charge is 0.167 e. The van der Waals surface area contributed by atoms with Gasteiger partial charge in [-0.15, -0.1) is 0 Å². The van der Waals surface area contributed by atoms with Gasteiger partial charge in [0.05, 0.1) is 6.61 Å². The van der Waals surface area contributed by atoms with Crippen LogP contribution in [-0.4, -0.2) is 6.61 Å². The van der Waals surface area contributed by atoms with Gasteiger partial charge in [-0.2, -0.15) is 0 Å². The number of aryl methyl sites for hydroxylation is 1. The second kappa shape index (κ2) is 8.46. The number of hydrogen-bond donors (Lipinski definition) is 0. The Hall–Kier alpha value is -2.07. The molecular weight excluding hydrogens is 397 g/mol. The first-order valence-electron chi connectivity index (χ1n) is 11.6. The number of fused-ring (bicyclic) bond motifs is 1. The summed E-state index contributed by atoms with van der Waals surface area (Å²) >= 11 is 0. The van der Waals surface area contributed by atoms with E-state index in [2.05, 4.69) is 13.0 Å². The lowest BCUT2D eigenvalue weighted by molar-refractivity contribution is 0.338. The standard InChI is InChI=1S/C27H29F3O/c1-2-3-17-7-10-20-18(8-11-19(17)20)6-4-16-5-9-21(24(28)14-16)22-12-13-23(25-15-31-25)27(30)26(22)29/h5,8-9,12-14,17,19-20,25H,2-4,6-7,10-11,15H2,1H3. The SMILES string of the molecule is CCCC1CCC2C(CCc3ccc(-c4ccc(C5CO5)c(F)c4F)c(F)c3)=CCC12. The predicted octanol–water partition coefficient (Wildman–Crippen LogP) is 7.55. The molecule has 2 aliphatic carbocycles. The average molecular weight is 427 g/mol. The Morgan fingerprint density at radius 2 is 1.77 bits per heavy atom. The zero-order valence-corrected chi connectivity index (χ0v) is 18.0. The summed E-state index contributed by atoms with van der Waals surface area (Å²) in [5, 5.41) is 0. The van der Waals surface area contributed by atoms with Crippen molar-refractivity contribution in [3.05, 3.63) is 70.6 Å². The monoisotopic (exact) mass is 426 g/mol. The van der Waals surface area contributed by atoms with Crippen LogP contribution in [0.3, 0.4) is 0 Å². The van der Waals surface area contributed by atoms with E-state index in [1.807, 2.05) is 6.07 Å². The fraction of sp³-hybridized carbons (Fsp3) is 0.481. The van der Waals surface area contributed by atoms with Crippen LogP contribution in [0.25, 0.3) is 11.1 Å². The first kappa shape index (κ1) is 20.8. The van der Waals surface area contributed by atoms with Crippen LogP contribution in [0.15, 0.2) is 42.0 Å². The van der Waals surface area contributed by atoms with Crippen molar-refractivity contribution in [2.75, 3.05) is 6.61 Å². The minimum Gasteiger partial charge on any atom is -0.368 e. The molecule has 1 nitrogen and oxygen atoms in total. The molecule has 1 aliphatic heterocycles. The number of hydrogen-bond acceptors (Lipinski definition) is 1. The molecule has 4 unspecified atom stereocenters. The fourth-order valence-electron chi connectivity index (χ4n) is 5.89. The van der Waals surface area contributed by atoms with Crippen molar-refractivity contribution in [1.82, 2.24) is 0 Å². The number of rotatable bonds is 7. The lowest BCUT2D eigenvalue weighted by Gasteiger charge is -2.19. The van der Waals surface area contributed by atoms with Crippen molar-refractivity contribution >= 4 is 0 Å². The van der Waals surface area contributed by atoms with Gasteiger partial charge in [0.1, 0.15) is 11.9 Å². The Morgan fingerprint density at radius 1 is 0.968 bits per heavy atom. The fourth-order valence-corrected chi connectivity index (χ4v) is 5.89. The number of halogens is 3. The summed E-state index contributed by atoms with van der Waals surface area (Å²) < 4.78 is 48.8. The van der Waals surface area contributed by atoms with Crippen molar-refractivity contribution < 1.29 is 17.9 Å². The Morgan fingerprint density at radius 3 is 2.52 bits per heavy atom. The minimum atomic E-state index is -1.01.